The average molecular weight is 451 g/mol. The van der Waals surface area contributed by atoms with Gasteiger partial charge in [-0.3, -0.25) is 0 Å². The summed E-state index contributed by atoms with van der Waals surface area (Å²) in [5.74, 6) is -2.04. The second-order valence-corrected chi connectivity index (χ2v) is 5.60. The smallest absolute Gasteiger partial charge is 0.550 e. The number of hydrogen-bond donors (Lipinski definition) is 0. The van der Waals surface area contributed by atoms with Gasteiger partial charge >= 0.3 is 39.0 Å². The number of benzene rings is 1. The first kappa shape index (κ1) is 29.2. The maximum Gasteiger partial charge on any atom is 2.00 e. The Labute approximate surface area is 177 Å². The van der Waals surface area contributed by atoms with Crippen LogP contribution in [0.15, 0.2) is 30.3 Å². The summed E-state index contributed by atoms with van der Waals surface area (Å²) in [4.78, 5) is 20.2. The van der Waals surface area contributed by atoms with Crippen LogP contribution in [0.4, 0.5) is 0 Å². The first-order chi connectivity index (χ1) is 11.1. The van der Waals surface area contributed by atoms with E-state index in [4.69, 9.17) is 0 Å². The van der Waals surface area contributed by atoms with Crippen LogP contribution in [0.5, 0.6) is 0 Å². The maximum absolute atomic E-state index is 10.1. The number of hydrogen-bond acceptors (Lipinski definition) is 4. The SMILES string of the molecule is CCCCCCCCCCCC(=O)[O-].O=C([O-])c1ccccc1.[Zn+2].[Zn+2]. The van der Waals surface area contributed by atoms with Gasteiger partial charge in [0, 0.05) is 5.97 Å². The Morgan fingerprint density at radius 3 is 1.56 bits per heavy atom. The monoisotopic (exact) mass is 448 g/mol. The van der Waals surface area contributed by atoms with Crippen molar-refractivity contribution in [2.24, 2.45) is 0 Å². The second-order valence-electron chi connectivity index (χ2n) is 5.60. The summed E-state index contributed by atoms with van der Waals surface area (Å²) in [6, 6.07) is 8.06. The molecule has 0 heterocycles. The average Bonchev–Trinajstić information content (AvgIpc) is 2.54. The molecule has 1 aromatic rings. The Hall–Kier alpha value is -0.593. The molecule has 0 amide bonds. The number of unbranched alkanes of at least 4 members (excludes halogenated alkanes) is 8. The first-order valence-electron chi connectivity index (χ1n) is 8.54. The third-order valence-electron chi connectivity index (χ3n) is 3.49. The van der Waals surface area contributed by atoms with Crippen LogP contribution in [0.3, 0.4) is 0 Å². The number of carbonyl (C=O) groups excluding carboxylic acids is 2. The Morgan fingerprint density at radius 1 is 0.760 bits per heavy atom. The fraction of sp³-hybridized carbons (Fsp3) is 0.579. The van der Waals surface area contributed by atoms with E-state index in [-0.39, 0.29) is 50.9 Å². The summed E-state index contributed by atoms with van der Waals surface area (Å²) >= 11 is 0. The van der Waals surface area contributed by atoms with Crippen LogP contribution in [0.1, 0.15) is 81.5 Å². The summed E-state index contributed by atoms with van der Waals surface area (Å²) in [7, 11) is 0. The van der Waals surface area contributed by atoms with Crippen molar-refractivity contribution in [1.29, 1.82) is 0 Å². The van der Waals surface area contributed by atoms with Crippen molar-refractivity contribution >= 4 is 11.9 Å². The maximum atomic E-state index is 10.1. The molecule has 0 saturated carbocycles. The van der Waals surface area contributed by atoms with E-state index in [9.17, 15) is 19.8 Å². The summed E-state index contributed by atoms with van der Waals surface area (Å²) in [5.41, 5.74) is 0.220. The minimum atomic E-state index is -1.13. The van der Waals surface area contributed by atoms with E-state index in [1.807, 2.05) is 0 Å². The number of rotatable bonds is 11. The molecule has 0 radical (unpaired) electrons. The van der Waals surface area contributed by atoms with Crippen molar-refractivity contribution in [2.75, 3.05) is 0 Å². The molecule has 0 spiro atoms. The quantitative estimate of drug-likeness (QED) is 0.383. The van der Waals surface area contributed by atoms with Gasteiger partial charge in [-0.05, 0) is 18.4 Å². The van der Waals surface area contributed by atoms with Crippen molar-refractivity contribution in [3.63, 3.8) is 0 Å². The molecule has 4 nitrogen and oxygen atoms in total. The largest absolute Gasteiger partial charge is 2.00 e. The van der Waals surface area contributed by atoms with Gasteiger partial charge in [-0.25, -0.2) is 0 Å². The summed E-state index contributed by atoms with van der Waals surface area (Å²) in [6.07, 6.45) is 11.2. The fourth-order valence-electron chi connectivity index (χ4n) is 2.15. The minimum Gasteiger partial charge on any atom is -0.550 e. The van der Waals surface area contributed by atoms with Crippen LogP contribution in [-0.4, -0.2) is 11.9 Å². The molecule has 0 aromatic heterocycles. The van der Waals surface area contributed by atoms with E-state index in [1.165, 1.54) is 57.1 Å². The molecular formula is C19H28O4Zn2+2. The summed E-state index contributed by atoms with van der Waals surface area (Å²) in [6.45, 7) is 2.22. The molecule has 0 aliphatic carbocycles. The third kappa shape index (κ3) is 21.4. The van der Waals surface area contributed by atoms with Crippen LogP contribution in [0.2, 0.25) is 0 Å². The molecule has 0 bridgehead atoms. The van der Waals surface area contributed by atoms with Gasteiger partial charge in [0.2, 0.25) is 0 Å². The molecule has 0 unspecified atom stereocenters. The van der Waals surface area contributed by atoms with Crippen molar-refractivity contribution in [2.45, 2.75) is 71.1 Å². The van der Waals surface area contributed by atoms with Crippen LogP contribution in [0.25, 0.3) is 0 Å². The molecule has 0 saturated heterocycles. The Balaban J connectivity index is -0.000000384. The molecule has 130 valence electrons. The first-order valence-corrected chi connectivity index (χ1v) is 8.54. The zero-order chi connectivity index (χ0) is 17.3. The van der Waals surface area contributed by atoms with Gasteiger partial charge in [-0.2, -0.15) is 0 Å². The summed E-state index contributed by atoms with van der Waals surface area (Å²) < 4.78 is 0. The van der Waals surface area contributed by atoms with E-state index >= 15 is 0 Å². The molecular weight excluding hydrogens is 423 g/mol. The number of carboxylic acid groups (broad SMARTS) is 2. The van der Waals surface area contributed by atoms with Gasteiger partial charge in [0.25, 0.3) is 0 Å². The molecule has 0 fully saturated rings. The summed E-state index contributed by atoms with van der Waals surface area (Å²) in [5, 5.41) is 20.2. The number of carbonyl (C=O) groups is 2. The van der Waals surface area contributed by atoms with Crippen LogP contribution < -0.4 is 10.2 Å². The number of aromatic carboxylic acids is 1. The van der Waals surface area contributed by atoms with Gasteiger partial charge in [0.15, 0.2) is 0 Å². The Bertz CT molecular complexity index is 425. The standard InChI is InChI=1S/C12H24O2.C7H6O2.2Zn/c1-2-3-4-5-6-7-8-9-10-11-12(13)14;8-7(9)6-4-2-1-3-5-6;;/h2-11H2,1H3,(H,13,14);1-5H,(H,8,9);;/q;;2*+2/p-2. The van der Waals surface area contributed by atoms with Gasteiger partial charge in [-0.1, -0.05) is 88.6 Å². The molecule has 0 N–H and O–H groups in total. The predicted octanol–water partition coefficient (Wildman–Crippen LogP) is 2.70. The molecule has 1 rings (SSSR count). The zero-order valence-corrected chi connectivity index (χ0v) is 21.4. The van der Waals surface area contributed by atoms with Crippen molar-refractivity contribution in [3.05, 3.63) is 35.9 Å². The van der Waals surface area contributed by atoms with Crippen LogP contribution >= 0.6 is 0 Å². The normalized spacial score (nSPS) is 9.00. The van der Waals surface area contributed by atoms with Crippen molar-refractivity contribution in [3.8, 4) is 0 Å². The predicted molar refractivity (Wildman–Crippen MR) is 87.6 cm³/mol. The number of aliphatic carboxylic acids is 1. The topological polar surface area (TPSA) is 80.3 Å². The van der Waals surface area contributed by atoms with Gasteiger partial charge in [-0.15, -0.1) is 0 Å². The van der Waals surface area contributed by atoms with Crippen molar-refractivity contribution < 1.29 is 58.8 Å². The van der Waals surface area contributed by atoms with Gasteiger partial charge < -0.3 is 19.8 Å². The number of carboxylic acids is 2. The molecule has 0 atom stereocenters. The zero-order valence-electron chi connectivity index (χ0n) is 15.5. The molecule has 25 heavy (non-hydrogen) atoms. The van der Waals surface area contributed by atoms with Crippen LogP contribution in [-0.2, 0) is 43.8 Å². The van der Waals surface area contributed by atoms with Crippen molar-refractivity contribution in [1.82, 2.24) is 0 Å². The minimum absolute atomic E-state index is 0. The molecule has 1 aromatic carbocycles. The van der Waals surface area contributed by atoms with E-state index in [2.05, 4.69) is 6.92 Å². The molecule has 0 aliphatic heterocycles. The Morgan fingerprint density at radius 2 is 1.20 bits per heavy atom. The third-order valence-corrected chi connectivity index (χ3v) is 3.49. The van der Waals surface area contributed by atoms with E-state index in [1.54, 1.807) is 18.2 Å². The second kappa shape index (κ2) is 21.4. The van der Waals surface area contributed by atoms with Crippen LogP contribution in [0, 0.1) is 0 Å². The molecule has 0 aliphatic rings. The van der Waals surface area contributed by atoms with Gasteiger partial charge in [0.1, 0.15) is 0 Å². The fourth-order valence-corrected chi connectivity index (χ4v) is 2.15. The van der Waals surface area contributed by atoms with Gasteiger partial charge in [0.05, 0.1) is 5.97 Å². The molecule has 6 heteroatoms. The van der Waals surface area contributed by atoms with E-state index < -0.39 is 11.9 Å². The Kier molecular flexibility index (Phi) is 25.0. The van der Waals surface area contributed by atoms with E-state index in [0.29, 0.717) is 0 Å². The van der Waals surface area contributed by atoms with E-state index in [0.717, 1.165) is 12.8 Å².